The number of aromatic nitrogens is 2. The Morgan fingerprint density at radius 3 is 2.58 bits per heavy atom. The third kappa shape index (κ3) is 3.29. The predicted octanol–water partition coefficient (Wildman–Crippen LogP) is 4.41. The molecule has 36 heavy (non-hydrogen) atoms. The van der Waals surface area contributed by atoms with Gasteiger partial charge in [0.2, 0.25) is 0 Å². The number of benzene rings is 2. The van der Waals surface area contributed by atoms with Crippen molar-refractivity contribution in [2.24, 2.45) is 0 Å². The van der Waals surface area contributed by atoms with E-state index >= 15 is 0 Å². The van der Waals surface area contributed by atoms with Crippen molar-refractivity contribution in [2.75, 3.05) is 20.2 Å². The van der Waals surface area contributed by atoms with Crippen molar-refractivity contribution >= 4 is 23.4 Å². The van der Waals surface area contributed by atoms with Crippen LogP contribution in [0.2, 0.25) is 5.02 Å². The summed E-state index contributed by atoms with van der Waals surface area (Å²) >= 11 is 6.19. The van der Waals surface area contributed by atoms with Crippen LogP contribution in [-0.2, 0) is 12.1 Å². The molecule has 0 N–H and O–H groups in total. The van der Waals surface area contributed by atoms with Crippen LogP contribution in [0.4, 0.5) is 0 Å². The second kappa shape index (κ2) is 8.49. The van der Waals surface area contributed by atoms with E-state index in [4.69, 9.17) is 20.8 Å². The monoisotopic (exact) mass is 500 g/mol. The summed E-state index contributed by atoms with van der Waals surface area (Å²) in [5.74, 6) is 0.548. The number of fused-ring (bicyclic) bond motifs is 2. The second-order valence-corrected chi connectivity index (χ2v) is 9.11. The van der Waals surface area contributed by atoms with E-state index in [2.05, 4.69) is 9.97 Å². The topological polar surface area (TPSA) is 88.8 Å². The first-order valence-corrected chi connectivity index (χ1v) is 11.8. The van der Waals surface area contributed by atoms with Crippen LogP contribution in [0, 0.1) is 0 Å². The molecule has 2 amide bonds. The van der Waals surface area contributed by atoms with Crippen LogP contribution in [-0.4, -0.2) is 51.8 Å². The van der Waals surface area contributed by atoms with Crippen LogP contribution >= 0.6 is 11.6 Å². The maximum Gasteiger partial charge on any atom is 0.278 e. The average Bonchev–Trinajstić information content (AvgIpc) is 3.55. The lowest BCUT2D eigenvalue weighted by Crippen LogP contribution is -2.58. The molecule has 1 saturated heterocycles. The van der Waals surface area contributed by atoms with Gasteiger partial charge in [-0.1, -0.05) is 23.7 Å². The Kier molecular flexibility index (Phi) is 5.26. The fraction of sp³-hybridized carbons (Fsp3) is 0.185. The van der Waals surface area contributed by atoms with Gasteiger partial charge in [-0.3, -0.25) is 14.6 Å². The molecule has 0 saturated carbocycles. The Labute approximate surface area is 212 Å². The van der Waals surface area contributed by atoms with Crippen LogP contribution < -0.4 is 4.74 Å². The highest BCUT2D eigenvalue weighted by Gasteiger charge is 2.56. The number of oxazole rings is 1. The van der Waals surface area contributed by atoms with Gasteiger partial charge in [0.25, 0.3) is 11.8 Å². The van der Waals surface area contributed by atoms with E-state index in [0.717, 1.165) is 5.56 Å². The van der Waals surface area contributed by atoms with Gasteiger partial charge in [-0.15, -0.1) is 0 Å². The van der Waals surface area contributed by atoms with Crippen molar-refractivity contribution < 1.29 is 18.7 Å². The van der Waals surface area contributed by atoms with Crippen LogP contribution in [0.1, 0.15) is 32.1 Å². The number of pyridine rings is 1. The number of hydrogen-bond acceptors (Lipinski definition) is 6. The summed E-state index contributed by atoms with van der Waals surface area (Å²) < 4.78 is 10.9. The molecule has 2 aromatic heterocycles. The predicted molar refractivity (Wildman–Crippen MR) is 132 cm³/mol. The van der Waals surface area contributed by atoms with Gasteiger partial charge >= 0.3 is 0 Å². The molecule has 1 atom stereocenters. The van der Waals surface area contributed by atoms with Crippen molar-refractivity contribution in [3.63, 3.8) is 0 Å². The Bertz CT molecular complexity index is 1470. The van der Waals surface area contributed by atoms with Crippen molar-refractivity contribution in [1.29, 1.82) is 0 Å². The molecule has 0 bridgehead atoms. The van der Waals surface area contributed by atoms with Gasteiger partial charge in [0.15, 0.2) is 17.8 Å². The van der Waals surface area contributed by atoms with Gasteiger partial charge in [-0.2, -0.15) is 0 Å². The van der Waals surface area contributed by atoms with E-state index in [1.807, 2.05) is 24.3 Å². The summed E-state index contributed by atoms with van der Waals surface area (Å²) in [6.07, 6.45) is 3.27. The van der Waals surface area contributed by atoms with Crippen molar-refractivity contribution in [1.82, 2.24) is 19.8 Å². The summed E-state index contributed by atoms with van der Waals surface area (Å²) in [7, 11) is 1.59. The molecule has 4 heterocycles. The van der Waals surface area contributed by atoms with Crippen molar-refractivity contribution in [2.45, 2.75) is 12.1 Å². The first-order chi connectivity index (χ1) is 17.5. The first-order valence-electron chi connectivity index (χ1n) is 11.4. The smallest absolute Gasteiger partial charge is 0.278 e. The molecular weight excluding hydrogens is 480 g/mol. The maximum atomic E-state index is 14.1. The molecule has 4 aromatic rings. The Hall–Kier alpha value is -4.17. The number of ether oxygens (including phenoxy) is 1. The third-order valence-corrected chi connectivity index (χ3v) is 7.15. The second-order valence-electron chi connectivity index (χ2n) is 8.67. The number of amides is 2. The summed E-state index contributed by atoms with van der Waals surface area (Å²) in [4.78, 5) is 40.0. The quantitative estimate of drug-likeness (QED) is 0.412. The van der Waals surface area contributed by atoms with Crippen LogP contribution in [0.15, 0.2) is 77.7 Å². The van der Waals surface area contributed by atoms with E-state index in [0.29, 0.717) is 52.9 Å². The molecule has 2 aromatic carbocycles. The molecule has 180 valence electrons. The number of rotatable bonds is 4. The lowest BCUT2D eigenvalue weighted by molar-refractivity contribution is 0.00680. The number of halogens is 1. The molecule has 8 nitrogen and oxygen atoms in total. The summed E-state index contributed by atoms with van der Waals surface area (Å²) in [5, 5.41) is 0.566. The largest absolute Gasteiger partial charge is 0.497 e. The fourth-order valence-electron chi connectivity index (χ4n) is 5.20. The van der Waals surface area contributed by atoms with E-state index < -0.39 is 5.66 Å². The highest BCUT2D eigenvalue weighted by atomic mass is 35.5. The minimum atomic E-state index is -1.07. The fourth-order valence-corrected chi connectivity index (χ4v) is 5.33. The Balaban J connectivity index is 1.47. The van der Waals surface area contributed by atoms with Crippen LogP contribution in [0.5, 0.6) is 5.75 Å². The third-order valence-electron chi connectivity index (χ3n) is 6.89. The van der Waals surface area contributed by atoms with E-state index in [9.17, 15) is 9.59 Å². The van der Waals surface area contributed by atoms with Gasteiger partial charge < -0.3 is 19.0 Å². The lowest BCUT2D eigenvalue weighted by atomic mass is 9.86. The Morgan fingerprint density at radius 1 is 1.06 bits per heavy atom. The SMILES string of the molecule is COc1ccc(-c2ocnc2C(=O)N2CCN3C(=O)c4cccnc4CC32c2ccc(Cl)cc2)cc1. The van der Waals surface area contributed by atoms with Crippen molar-refractivity contribution in [3.05, 3.63) is 101 Å². The van der Waals surface area contributed by atoms with Gasteiger partial charge in [0, 0.05) is 36.3 Å². The first kappa shape index (κ1) is 22.3. The molecule has 0 spiro atoms. The molecule has 1 unspecified atom stereocenters. The maximum absolute atomic E-state index is 14.1. The van der Waals surface area contributed by atoms with Gasteiger partial charge in [0.1, 0.15) is 11.4 Å². The lowest BCUT2D eigenvalue weighted by Gasteiger charge is -2.46. The van der Waals surface area contributed by atoms with E-state index in [1.54, 1.807) is 59.5 Å². The standard InChI is InChI=1S/C27H21ClN4O4/c1-35-20-10-4-17(5-11-20)24-23(30-16-36-24)26(34)32-14-13-31-25(33)21-3-2-12-29-22(21)15-27(31,32)18-6-8-19(28)9-7-18/h2-12,16H,13-15H2,1H3. The Morgan fingerprint density at radius 2 is 1.83 bits per heavy atom. The molecule has 2 aliphatic heterocycles. The molecule has 9 heteroatoms. The number of carbonyl (C=O) groups excluding carboxylic acids is 2. The summed E-state index contributed by atoms with van der Waals surface area (Å²) in [6, 6.07) is 18.0. The summed E-state index contributed by atoms with van der Waals surface area (Å²) in [6.45, 7) is 0.702. The number of methoxy groups -OCH3 is 1. The van der Waals surface area contributed by atoms with E-state index in [-0.39, 0.29) is 17.5 Å². The number of carbonyl (C=O) groups is 2. The average molecular weight is 501 g/mol. The summed E-state index contributed by atoms with van der Waals surface area (Å²) in [5.41, 5.74) is 1.77. The molecular formula is C27H21ClN4O4. The minimum Gasteiger partial charge on any atom is -0.497 e. The zero-order chi connectivity index (χ0) is 24.9. The van der Waals surface area contributed by atoms with Gasteiger partial charge in [0.05, 0.1) is 18.4 Å². The van der Waals surface area contributed by atoms with E-state index in [1.165, 1.54) is 6.39 Å². The highest BCUT2D eigenvalue weighted by molar-refractivity contribution is 6.30. The van der Waals surface area contributed by atoms with Crippen LogP contribution in [0.3, 0.4) is 0 Å². The normalized spacial score (nSPS) is 18.7. The molecule has 0 radical (unpaired) electrons. The molecule has 0 aliphatic carbocycles. The molecule has 6 rings (SSSR count). The molecule has 2 aliphatic rings. The van der Waals surface area contributed by atoms with Crippen LogP contribution in [0.25, 0.3) is 11.3 Å². The van der Waals surface area contributed by atoms with Gasteiger partial charge in [-0.05, 0) is 54.1 Å². The zero-order valence-electron chi connectivity index (χ0n) is 19.3. The minimum absolute atomic E-state index is 0.162. The highest BCUT2D eigenvalue weighted by Crippen LogP contribution is 2.45. The molecule has 1 fully saturated rings. The van der Waals surface area contributed by atoms with Gasteiger partial charge in [-0.25, -0.2) is 4.98 Å². The van der Waals surface area contributed by atoms with Crippen molar-refractivity contribution in [3.8, 4) is 17.1 Å². The number of nitrogens with zero attached hydrogens (tertiary/aromatic N) is 4. The number of hydrogen-bond donors (Lipinski definition) is 0. The zero-order valence-corrected chi connectivity index (χ0v) is 20.1.